The molecule has 0 fully saturated rings. The molecule has 27 heavy (non-hydrogen) atoms. The number of benzene rings is 1. The van der Waals surface area contributed by atoms with Crippen LogP contribution in [0.3, 0.4) is 0 Å². The van der Waals surface area contributed by atoms with Gasteiger partial charge in [0, 0.05) is 0 Å². The van der Waals surface area contributed by atoms with Crippen LogP contribution in [0.5, 0.6) is 0 Å². The SMILES string of the molecule is CC[C@H](C)[C@H](NC(=O)[C@H](CC(N)=O)NC(=O)OCc1ccccc1)C(N)=O. The van der Waals surface area contributed by atoms with E-state index in [1.165, 1.54) is 0 Å². The Labute approximate surface area is 157 Å². The van der Waals surface area contributed by atoms with Crippen molar-refractivity contribution in [3.05, 3.63) is 35.9 Å². The van der Waals surface area contributed by atoms with E-state index in [4.69, 9.17) is 16.2 Å². The van der Waals surface area contributed by atoms with Crippen LogP contribution >= 0.6 is 0 Å². The summed E-state index contributed by atoms with van der Waals surface area (Å²) in [6.07, 6.45) is -0.737. The first kappa shape index (κ1) is 21.9. The molecular weight excluding hydrogens is 352 g/mol. The molecule has 0 spiro atoms. The van der Waals surface area contributed by atoms with Crippen LogP contribution in [0.2, 0.25) is 0 Å². The molecule has 0 aliphatic carbocycles. The average molecular weight is 378 g/mol. The Kier molecular flexibility index (Phi) is 8.77. The maximum atomic E-state index is 12.4. The number of primary amides is 2. The van der Waals surface area contributed by atoms with Gasteiger partial charge in [-0.25, -0.2) is 4.79 Å². The summed E-state index contributed by atoms with van der Waals surface area (Å²) >= 11 is 0. The Balaban J connectivity index is 2.72. The number of carbonyl (C=O) groups is 4. The normalized spacial score (nSPS) is 13.7. The van der Waals surface area contributed by atoms with Gasteiger partial charge in [0.05, 0.1) is 6.42 Å². The molecule has 1 aromatic carbocycles. The summed E-state index contributed by atoms with van der Waals surface area (Å²) in [5, 5.41) is 4.75. The number of amides is 4. The van der Waals surface area contributed by atoms with Crippen LogP contribution in [0, 0.1) is 5.92 Å². The van der Waals surface area contributed by atoms with Gasteiger partial charge in [0.25, 0.3) is 0 Å². The predicted molar refractivity (Wildman–Crippen MR) is 97.9 cm³/mol. The van der Waals surface area contributed by atoms with Crippen molar-refractivity contribution >= 4 is 23.8 Å². The van der Waals surface area contributed by atoms with Gasteiger partial charge in [-0.05, 0) is 11.5 Å². The zero-order valence-corrected chi connectivity index (χ0v) is 15.4. The third kappa shape index (κ3) is 7.76. The molecule has 1 aromatic rings. The Morgan fingerprint density at radius 2 is 1.70 bits per heavy atom. The first-order valence-corrected chi connectivity index (χ1v) is 8.59. The smallest absolute Gasteiger partial charge is 0.408 e. The number of nitrogens with one attached hydrogen (secondary N) is 2. The second kappa shape index (κ2) is 10.8. The molecule has 0 aromatic heterocycles. The zero-order valence-electron chi connectivity index (χ0n) is 15.4. The van der Waals surface area contributed by atoms with Gasteiger partial charge in [-0.2, -0.15) is 0 Å². The van der Waals surface area contributed by atoms with Gasteiger partial charge in [0.1, 0.15) is 18.7 Å². The molecule has 9 nitrogen and oxygen atoms in total. The minimum absolute atomic E-state index is 0.00559. The van der Waals surface area contributed by atoms with E-state index in [1.54, 1.807) is 31.2 Å². The first-order chi connectivity index (χ1) is 12.7. The molecule has 0 heterocycles. The number of ether oxygens (including phenoxy) is 1. The number of alkyl carbamates (subject to hydrolysis) is 1. The molecule has 148 valence electrons. The van der Waals surface area contributed by atoms with Crippen LogP contribution < -0.4 is 22.1 Å². The van der Waals surface area contributed by atoms with Gasteiger partial charge < -0.3 is 26.8 Å². The molecule has 0 aliphatic rings. The molecule has 9 heteroatoms. The number of rotatable bonds is 10. The Morgan fingerprint density at radius 1 is 1.07 bits per heavy atom. The van der Waals surface area contributed by atoms with Gasteiger partial charge in [-0.1, -0.05) is 50.6 Å². The number of hydrogen-bond donors (Lipinski definition) is 4. The van der Waals surface area contributed by atoms with Crippen molar-refractivity contribution in [2.75, 3.05) is 0 Å². The molecule has 0 saturated carbocycles. The highest BCUT2D eigenvalue weighted by molar-refractivity contribution is 5.93. The van der Waals surface area contributed by atoms with Gasteiger partial charge in [0.15, 0.2) is 0 Å². The quantitative estimate of drug-likeness (QED) is 0.457. The maximum absolute atomic E-state index is 12.4. The standard InChI is InChI=1S/C18H26N4O5/c1-3-11(2)15(16(20)24)22-17(25)13(9-14(19)23)21-18(26)27-10-12-7-5-4-6-8-12/h4-8,11,13,15H,3,9-10H2,1-2H3,(H2,19,23)(H2,20,24)(H,21,26)(H,22,25)/t11-,13-,15-/m0/s1. The summed E-state index contributed by atoms with van der Waals surface area (Å²) in [5.74, 6) is -2.46. The van der Waals surface area contributed by atoms with Crippen LogP contribution in [0.25, 0.3) is 0 Å². The largest absolute Gasteiger partial charge is 0.445 e. The maximum Gasteiger partial charge on any atom is 0.408 e. The molecule has 4 amide bonds. The van der Waals surface area contributed by atoms with E-state index < -0.39 is 42.3 Å². The van der Waals surface area contributed by atoms with E-state index in [-0.39, 0.29) is 12.5 Å². The number of carbonyl (C=O) groups excluding carboxylic acids is 4. The summed E-state index contributed by atoms with van der Waals surface area (Å²) < 4.78 is 5.04. The molecule has 3 atom stereocenters. The topological polar surface area (TPSA) is 154 Å². The molecule has 0 saturated heterocycles. The van der Waals surface area contributed by atoms with E-state index in [9.17, 15) is 19.2 Å². The fourth-order valence-electron chi connectivity index (χ4n) is 2.30. The highest BCUT2D eigenvalue weighted by Crippen LogP contribution is 2.08. The molecule has 0 radical (unpaired) electrons. The number of hydrogen-bond acceptors (Lipinski definition) is 5. The lowest BCUT2D eigenvalue weighted by Gasteiger charge is -2.24. The number of nitrogens with two attached hydrogens (primary N) is 2. The molecule has 0 aliphatic heterocycles. The second-order valence-electron chi connectivity index (χ2n) is 6.20. The Hall–Kier alpha value is -3.10. The fraction of sp³-hybridized carbons (Fsp3) is 0.444. The first-order valence-electron chi connectivity index (χ1n) is 8.59. The van der Waals surface area contributed by atoms with Gasteiger partial charge in [0.2, 0.25) is 17.7 Å². The Morgan fingerprint density at radius 3 is 2.22 bits per heavy atom. The third-order valence-electron chi connectivity index (χ3n) is 4.04. The molecule has 0 unspecified atom stereocenters. The summed E-state index contributed by atoms with van der Waals surface area (Å²) in [4.78, 5) is 47.2. The second-order valence-corrected chi connectivity index (χ2v) is 6.20. The minimum atomic E-state index is -1.28. The summed E-state index contributed by atoms with van der Waals surface area (Å²) in [6, 6.07) is 6.73. The highest BCUT2D eigenvalue weighted by atomic mass is 16.5. The molecule has 6 N–H and O–H groups in total. The van der Waals surface area contributed by atoms with Crippen molar-refractivity contribution in [3.8, 4) is 0 Å². The van der Waals surface area contributed by atoms with Crippen LogP contribution in [-0.4, -0.2) is 35.9 Å². The molecular formula is C18H26N4O5. The molecule has 1 rings (SSSR count). The van der Waals surface area contributed by atoms with Crippen LogP contribution in [0.4, 0.5) is 4.79 Å². The van der Waals surface area contributed by atoms with Crippen molar-refractivity contribution in [1.82, 2.24) is 10.6 Å². The van der Waals surface area contributed by atoms with E-state index in [1.807, 2.05) is 13.0 Å². The lowest BCUT2D eigenvalue weighted by molar-refractivity contribution is -0.131. The monoisotopic (exact) mass is 378 g/mol. The highest BCUT2D eigenvalue weighted by Gasteiger charge is 2.29. The van der Waals surface area contributed by atoms with Crippen LogP contribution in [-0.2, 0) is 25.7 Å². The summed E-state index contributed by atoms with van der Waals surface area (Å²) in [6.45, 7) is 3.58. The average Bonchev–Trinajstić information content (AvgIpc) is 2.63. The van der Waals surface area contributed by atoms with Crippen molar-refractivity contribution in [3.63, 3.8) is 0 Å². The van der Waals surface area contributed by atoms with Crippen molar-refractivity contribution in [1.29, 1.82) is 0 Å². The fourth-order valence-corrected chi connectivity index (χ4v) is 2.30. The van der Waals surface area contributed by atoms with Gasteiger partial charge >= 0.3 is 6.09 Å². The van der Waals surface area contributed by atoms with E-state index in [2.05, 4.69) is 10.6 Å². The van der Waals surface area contributed by atoms with Crippen LogP contribution in [0.15, 0.2) is 30.3 Å². The van der Waals surface area contributed by atoms with Gasteiger partial charge in [-0.3, -0.25) is 14.4 Å². The lowest BCUT2D eigenvalue weighted by atomic mass is 9.98. The van der Waals surface area contributed by atoms with Crippen molar-refractivity contribution < 1.29 is 23.9 Å². The minimum Gasteiger partial charge on any atom is -0.445 e. The van der Waals surface area contributed by atoms with E-state index >= 15 is 0 Å². The predicted octanol–water partition coefficient (Wildman–Crippen LogP) is 0.173. The molecule has 0 bridgehead atoms. The zero-order chi connectivity index (χ0) is 20.4. The van der Waals surface area contributed by atoms with E-state index in [0.717, 1.165) is 5.56 Å². The van der Waals surface area contributed by atoms with Gasteiger partial charge in [-0.15, -0.1) is 0 Å². The van der Waals surface area contributed by atoms with E-state index in [0.29, 0.717) is 6.42 Å². The summed E-state index contributed by atoms with van der Waals surface area (Å²) in [7, 11) is 0. The van der Waals surface area contributed by atoms with Crippen LogP contribution in [0.1, 0.15) is 32.3 Å². The lowest BCUT2D eigenvalue weighted by Crippen LogP contribution is -2.55. The summed E-state index contributed by atoms with van der Waals surface area (Å²) in [5.41, 5.74) is 11.2. The van der Waals surface area contributed by atoms with Crippen molar-refractivity contribution in [2.45, 2.75) is 45.4 Å². The Bertz CT molecular complexity index is 665. The van der Waals surface area contributed by atoms with Crippen molar-refractivity contribution in [2.24, 2.45) is 17.4 Å². The third-order valence-corrected chi connectivity index (χ3v) is 4.04.